The van der Waals surface area contributed by atoms with Gasteiger partial charge in [0.2, 0.25) is 12.3 Å². The van der Waals surface area contributed by atoms with Gasteiger partial charge in [-0.05, 0) is 6.92 Å². The number of rotatable bonds is 3. The zero-order chi connectivity index (χ0) is 9.84. The normalized spacial score (nSPS) is 21.2. The molecule has 1 heterocycles. The SMILES string of the molecule is CC(C(N)=O)N1CCN(C=O)CC1. The lowest BCUT2D eigenvalue weighted by Gasteiger charge is -2.35. The second kappa shape index (κ2) is 4.23. The Morgan fingerprint density at radius 2 is 1.92 bits per heavy atom. The van der Waals surface area contributed by atoms with Crippen molar-refractivity contribution in [3.63, 3.8) is 0 Å². The van der Waals surface area contributed by atoms with E-state index in [0.29, 0.717) is 13.1 Å². The van der Waals surface area contributed by atoms with Gasteiger partial charge in [-0.1, -0.05) is 0 Å². The van der Waals surface area contributed by atoms with Gasteiger partial charge in [0.15, 0.2) is 0 Å². The zero-order valence-corrected chi connectivity index (χ0v) is 7.77. The molecule has 1 rings (SSSR count). The average molecular weight is 185 g/mol. The van der Waals surface area contributed by atoms with Gasteiger partial charge in [-0.25, -0.2) is 0 Å². The lowest BCUT2D eigenvalue weighted by atomic mass is 10.2. The summed E-state index contributed by atoms with van der Waals surface area (Å²) in [6, 6.07) is -0.228. The zero-order valence-electron chi connectivity index (χ0n) is 7.77. The molecule has 1 fully saturated rings. The van der Waals surface area contributed by atoms with Crippen molar-refractivity contribution < 1.29 is 9.59 Å². The summed E-state index contributed by atoms with van der Waals surface area (Å²) in [5, 5.41) is 0. The van der Waals surface area contributed by atoms with Crippen LogP contribution in [0.25, 0.3) is 0 Å². The minimum absolute atomic E-state index is 0.228. The Hall–Kier alpha value is -1.10. The average Bonchev–Trinajstić information content (AvgIpc) is 2.17. The second-order valence-corrected chi connectivity index (χ2v) is 3.26. The first-order chi connectivity index (χ1) is 6.15. The first-order valence-electron chi connectivity index (χ1n) is 4.38. The maximum absolute atomic E-state index is 10.8. The molecule has 5 nitrogen and oxygen atoms in total. The van der Waals surface area contributed by atoms with Gasteiger partial charge in [0.25, 0.3) is 0 Å². The molecule has 1 atom stereocenters. The predicted molar refractivity (Wildman–Crippen MR) is 47.9 cm³/mol. The molecular weight excluding hydrogens is 170 g/mol. The molecular formula is C8H15N3O2. The number of primary amides is 1. The van der Waals surface area contributed by atoms with E-state index in [0.717, 1.165) is 19.5 Å². The van der Waals surface area contributed by atoms with Crippen LogP contribution in [0, 0.1) is 0 Å². The van der Waals surface area contributed by atoms with E-state index in [1.165, 1.54) is 0 Å². The lowest BCUT2D eigenvalue weighted by Crippen LogP contribution is -2.52. The fourth-order valence-electron chi connectivity index (χ4n) is 1.41. The molecule has 2 amide bonds. The van der Waals surface area contributed by atoms with Crippen molar-refractivity contribution >= 4 is 12.3 Å². The van der Waals surface area contributed by atoms with Gasteiger partial charge in [0.1, 0.15) is 0 Å². The summed E-state index contributed by atoms with van der Waals surface area (Å²) in [5.74, 6) is -0.306. The van der Waals surface area contributed by atoms with Crippen molar-refractivity contribution in [2.75, 3.05) is 26.2 Å². The third kappa shape index (κ3) is 2.42. The Morgan fingerprint density at radius 3 is 2.31 bits per heavy atom. The molecule has 0 saturated carbocycles. The van der Waals surface area contributed by atoms with Gasteiger partial charge in [0, 0.05) is 26.2 Å². The highest BCUT2D eigenvalue weighted by molar-refractivity contribution is 5.79. The maximum Gasteiger partial charge on any atom is 0.234 e. The van der Waals surface area contributed by atoms with Crippen LogP contribution in [-0.4, -0.2) is 54.3 Å². The molecule has 1 aliphatic rings. The molecule has 0 aromatic carbocycles. The van der Waals surface area contributed by atoms with Gasteiger partial charge in [0.05, 0.1) is 6.04 Å². The first-order valence-corrected chi connectivity index (χ1v) is 4.38. The van der Waals surface area contributed by atoms with E-state index in [4.69, 9.17) is 5.73 Å². The molecule has 1 unspecified atom stereocenters. The lowest BCUT2D eigenvalue weighted by molar-refractivity contribution is -0.124. The van der Waals surface area contributed by atoms with Crippen LogP contribution in [-0.2, 0) is 9.59 Å². The monoisotopic (exact) mass is 185 g/mol. The van der Waals surface area contributed by atoms with E-state index in [1.54, 1.807) is 11.8 Å². The van der Waals surface area contributed by atoms with Crippen molar-refractivity contribution in [3.8, 4) is 0 Å². The third-order valence-electron chi connectivity index (χ3n) is 2.46. The minimum atomic E-state index is -0.306. The standard InChI is InChI=1S/C8H15N3O2/c1-7(8(9)13)11-4-2-10(6-12)3-5-11/h6-7H,2-5H2,1H3,(H2,9,13). The van der Waals surface area contributed by atoms with E-state index >= 15 is 0 Å². The van der Waals surface area contributed by atoms with Gasteiger partial charge >= 0.3 is 0 Å². The van der Waals surface area contributed by atoms with Crippen LogP contribution >= 0.6 is 0 Å². The number of carbonyl (C=O) groups excluding carboxylic acids is 2. The van der Waals surface area contributed by atoms with Gasteiger partial charge in [-0.2, -0.15) is 0 Å². The Balaban J connectivity index is 2.40. The summed E-state index contributed by atoms with van der Waals surface area (Å²) in [7, 11) is 0. The number of carbonyl (C=O) groups is 2. The van der Waals surface area contributed by atoms with E-state index < -0.39 is 0 Å². The van der Waals surface area contributed by atoms with Crippen LogP contribution in [0.15, 0.2) is 0 Å². The van der Waals surface area contributed by atoms with Crippen LogP contribution in [0.4, 0.5) is 0 Å². The summed E-state index contributed by atoms with van der Waals surface area (Å²) in [6.07, 6.45) is 0.840. The van der Waals surface area contributed by atoms with Gasteiger partial charge < -0.3 is 10.6 Å². The van der Waals surface area contributed by atoms with E-state index in [9.17, 15) is 9.59 Å². The largest absolute Gasteiger partial charge is 0.368 e. The van der Waals surface area contributed by atoms with E-state index in [2.05, 4.69) is 0 Å². The van der Waals surface area contributed by atoms with Crippen molar-refractivity contribution in [1.82, 2.24) is 9.80 Å². The van der Waals surface area contributed by atoms with Crippen LogP contribution < -0.4 is 5.73 Å². The molecule has 1 aliphatic heterocycles. The molecule has 0 aromatic heterocycles. The molecule has 1 saturated heterocycles. The number of amides is 2. The number of nitrogens with two attached hydrogens (primary N) is 1. The van der Waals surface area contributed by atoms with Crippen LogP contribution in [0.1, 0.15) is 6.92 Å². The van der Waals surface area contributed by atoms with Gasteiger partial charge in [-0.15, -0.1) is 0 Å². The molecule has 74 valence electrons. The summed E-state index contributed by atoms with van der Waals surface area (Å²) in [6.45, 7) is 4.60. The number of hydrogen-bond acceptors (Lipinski definition) is 3. The molecule has 0 radical (unpaired) electrons. The van der Waals surface area contributed by atoms with Crippen LogP contribution in [0.3, 0.4) is 0 Å². The fourth-order valence-corrected chi connectivity index (χ4v) is 1.41. The highest BCUT2D eigenvalue weighted by Gasteiger charge is 2.22. The second-order valence-electron chi connectivity index (χ2n) is 3.26. The minimum Gasteiger partial charge on any atom is -0.368 e. The molecule has 5 heteroatoms. The summed E-state index contributed by atoms with van der Waals surface area (Å²) in [4.78, 5) is 24.9. The fraction of sp³-hybridized carbons (Fsp3) is 0.750. The Labute approximate surface area is 77.5 Å². The molecule has 0 bridgehead atoms. The molecule has 0 aliphatic carbocycles. The molecule has 0 aromatic rings. The predicted octanol–water partition coefficient (Wildman–Crippen LogP) is -1.37. The van der Waals surface area contributed by atoms with Crippen LogP contribution in [0.2, 0.25) is 0 Å². The molecule has 0 spiro atoms. The molecule has 2 N–H and O–H groups in total. The number of piperazine rings is 1. The van der Waals surface area contributed by atoms with Crippen molar-refractivity contribution in [3.05, 3.63) is 0 Å². The van der Waals surface area contributed by atoms with Crippen molar-refractivity contribution in [2.24, 2.45) is 5.73 Å². The van der Waals surface area contributed by atoms with Crippen molar-refractivity contribution in [1.29, 1.82) is 0 Å². The third-order valence-corrected chi connectivity index (χ3v) is 2.46. The maximum atomic E-state index is 10.8. The number of nitrogens with zero attached hydrogens (tertiary/aromatic N) is 2. The molecule has 13 heavy (non-hydrogen) atoms. The van der Waals surface area contributed by atoms with Gasteiger partial charge in [-0.3, -0.25) is 14.5 Å². The highest BCUT2D eigenvalue weighted by atomic mass is 16.1. The highest BCUT2D eigenvalue weighted by Crippen LogP contribution is 2.03. The smallest absolute Gasteiger partial charge is 0.234 e. The topological polar surface area (TPSA) is 66.6 Å². The van der Waals surface area contributed by atoms with E-state index in [1.807, 2.05) is 4.90 Å². The van der Waals surface area contributed by atoms with E-state index in [-0.39, 0.29) is 11.9 Å². The quantitative estimate of drug-likeness (QED) is 0.552. The summed E-state index contributed by atoms with van der Waals surface area (Å²) < 4.78 is 0. The first kappa shape index (κ1) is 9.98. The van der Waals surface area contributed by atoms with Crippen LogP contribution in [0.5, 0.6) is 0 Å². The Kier molecular flexibility index (Phi) is 3.25. The Morgan fingerprint density at radius 1 is 1.38 bits per heavy atom. The summed E-state index contributed by atoms with van der Waals surface area (Å²) >= 11 is 0. The Bertz CT molecular complexity index is 200. The van der Waals surface area contributed by atoms with Crippen molar-refractivity contribution in [2.45, 2.75) is 13.0 Å². The summed E-state index contributed by atoms with van der Waals surface area (Å²) in [5.41, 5.74) is 5.17. The number of hydrogen-bond donors (Lipinski definition) is 1.